The summed E-state index contributed by atoms with van der Waals surface area (Å²) in [6.45, 7) is 1.51. The lowest BCUT2D eigenvalue weighted by molar-refractivity contribution is -0.139. The fourth-order valence-corrected chi connectivity index (χ4v) is 5.44. The highest BCUT2D eigenvalue weighted by molar-refractivity contribution is 5.79. The molecular formula is C25H28F4N6O2. The van der Waals surface area contributed by atoms with Crippen molar-refractivity contribution in [3.8, 4) is 5.75 Å². The van der Waals surface area contributed by atoms with Gasteiger partial charge in [-0.3, -0.25) is 4.79 Å². The van der Waals surface area contributed by atoms with Gasteiger partial charge in [0.15, 0.2) is 11.6 Å². The van der Waals surface area contributed by atoms with E-state index in [0.29, 0.717) is 12.8 Å². The normalized spacial score (nSPS) is 25.9. The lowest BCUT2D eigenvalue weighted by atomic mass is 9.88. The lowest BCUT2D eigenvalue weighted by Crippen LogP contribution is -2.41. The van der Waals surface area contributed by atoms with Gasteiger partial charge < -0.3 is 26.0 Å². The molecule has 2 heterocycles. The maximum Gasteiger partial charge on any atom is 0.420 e. The molecule has 3 aliphatic rings. The maximum absolute atomic E-state index is 14.5. The quantitative estimate of drug-likeness (QED) is 0.375. The van der Waals surface area contributed by atoms with Crippen LogP contribution in [0.15, 0.2) is 36.5 Å². The molecule has 198 valence electrons. The molecule has 1 aromatic carbocycles. The van der Waals surface area contributed by atoms with E-state index in [-0.39, 0.29) is 41.1 Å². The van der Waals surface area contributed by atoms with Gasteiger partial charge in [0.1, 0.15) is 11.9 Å². The highest BCUT2D eigenvalue weighted by Crippen LogP contribution is 2.45. The molecule has 1 saturated carbocycles. The molecule has 1 saturated heterocycles. The van der Waals surface area contributed by atoms with Crippen LogP contribution in [0.3, 0.4) is 0 Å². The van der Waals surface area contributed by atoms with E-state index in [1.807, 2.05) is 19.2 Å². The standard InChI is InChI=1S/C25H28F4N6O2/c1-35-8-6-16(7-9-35)37-19-5-4-15(11-17(19)25(27,28)29)32-24-31-12-18(26)23(34-24)33-21-14-3-2-13(10-14)20(21)22(30)36/h2-5,11-14,16,20-21H,6-10H2,1H3,(H2,30,36)(H2,31,32,33,34)/t13-,14+,20+,21-/m1/s1. The van der Waals surface area contributed by atoms with E-state index in [0.717, 1.165) is 31.8 Å². The largest absolute Gasteiger partial charge is 0.490 e. The number of nitrogens with one attached hydrogen (secondary N) is 2. The van der Waals surface area contributed by atoms with Gasteiger partial charge in [0.2, 0.25) is 11.9 Å². The van der Waals surface area contributed by atoms with Crippen LogP contribution in [0.2, 0.25) is 0 Å². The zero-order valence-corrected chi connectivity index (χ0v) is 20.1. The average Bonchev–Trinajstić information content (AvgIpc) is 3.45. The Balaban J connectivity index is 1.34. The number of piperidine rings is 1. The molecule has 1 amide bonds. The van der Waals surface area contributed by atoms with E-state index in [1.54, 1.807) is 0 Å². The number of rotatable bonds is 7. The number of nitrogens with two attached hydrogens (primary N) is 1. The van der Waals surface area contributed by atoms with Gasteiger partial charge in [0.25, 0.3) is 0 Å². The Bertz CT molecular complexity index is 1200. The first-order valence-corrected chi connectivity index (χ1v) is 12.2. The molecule has 2 fully saturated rings. The second-order valence-corrected chi connectivity index (χ2v) is 9.89. The SMILES string of the molecule is CN1CCC(Oc2ccc(Nc3ncc(F)c(N[C@H]4[C@@H](C(N)=O)[C@@H]5C=C[C@H]4C5)n3)cc2C(F)(F)F)CC1. The molecule has 12 heteroatoms. The molecule has 5 rings (SSSR count). The van der Waals surface area contributed by atoms with Gasteiger partial charge in [0, 0.05) is 24.8 Å². The lowest BCUT2D eigenvalue weighted by Gasteiger charge is -2.30. The summed E-state index contributed by atoms with van der Waals surface area (Å²) in [6, 6.07) is 3.19. The number of aromatic nitrogens is 2. The predicted octanol–water partition coefficient (Wildman–Crippen LogP) is 3.94. The molecule has 4 atom stereocenters. The number of fused-ring (bicyclic) bond motifs is 2. The first-order valence-electron chi connectivity index (χ1n) is 12.2. The molecule has 2 aromatic rings. The zero-order valence-electron chi connectivity index (χ0n) is 20.1. The van der Waals surface area contributed by atoms with Crippen molar-refractivity contribution in [1.29, 1.82) is 0 Å². The number of allylic oxidation sites excluding steroid dienone is 1. The number of primary amides is 1. The Hall–Kier alpha value is -3.41. The van der Waals surface area contributed by atoms with Crippen LogP contribution in [-0.2, 0) is 11.0 Å². The average molecular weight is 521 g/mol. The van der Waals surface area contributed by atoms with Crippen molar-refractivity contribution in [3.63, 3.8) is 0 Å². The Kier molecular flexibility index (Phi) is 6.69. The molecule has 0 radical (unpaired) electrons. The highest BCUT2D eigenvalue weighted by atomic mass is 19.4. The molecule has 1 aliphatic heterocycles. The molecule has 2 aliphatic carbocycles. The predicted molar refractivity (Wildman–Crippen MR) is 129 cm³/mol. The van der Waals surface area contributed by atoms with Gasteiger partial charge in [-0.15, -0.1) is 0 Å². The monoisotopic (exact) mass is 520 g/mol. The summed E-state index contributed by atoms with van der Waals surface area (Å²) >= 11 is 0. The van der Waals surface area contributed by atoms with Crippen LogP contribution < -0.4 is 21.1 Å². The number of anilines is 3. The van der Waals surface area contributed by atoms with E-state index in [4.69, 9.17) is 10.5 Å². The van der Waals surface area contributed by atoms with Gasteiger partial charge in [-0.25, -0.2) is 9.37 Å². The van der Waals surface area contributed by atoms with Crippen LogP contribution in [0.1, 0.15) is 24.8 Å². The second-order valence-electron chi connectivity index (χ2n) is 9.89. The van der Waals surface area contributed by atoms with Gasteiger partial charge >= 0.3 is 6.18 Å². The molecular weight excluding hydrogens is 492 g/mol. The fourth-order valence-electron chi connectivity index (χ4n) is 5.44. The van der Waals surface area contributed by atoms with Gasteiger partial charge in [-0.1, -0.05) is 12.2 Å². The summed E-state index contributed by atoms with van der Waals surface area (Å²) in [7, 11) is 1.96. The Labute approximate surface area is 211 Å². The van der Waals surface area contributed by atoms with E-state index < -0.39 is 35.4 Å². The number of halogens is 4. The minimum Gasteiger partial charge on any atom is -0.490 e. The van der Waals surface area contributed by atoms with Crippen molar-refractivity contribution in [3.05, 3.63) is 47.9 Å². The summed E-state index contributed by atoms with van der Waals surface area (Å²) in [5.41, 5.74) is 4.72. The molecule has 0 spiro atoms. The van der Waals surface area contributed by atoms with Crippen molar-refractivity contribution in [2.75, 3.05) is 30.8 Å². The summed E-state index contributed by atoms with van der Waals surface area (Å²) in [5, 5.41) is 5.69. The van der Waals surface area contributed by atoms with Crippen LogP contribution in [0, 0.1) is 23.6 Å². The number of amides is 1. The number of likely N-dealkylation sites (tertiary alicyclic amines) is 1. The number of carbonyl (C=O) groups excluding carboxylic acids is 1. The first kappa shape index (κ1) is 25.2. The minimum absolute atomic E-state index is 0.000253. The van der Waals surface area contributed by atoms with Crippen molar-refractivity contribution < 1.29 is 27.1 Å². The van der Waals surface area contributed by atoms with Crippen molar-refractivity contribution in [2.45, 2.75) is 37.6 Å². The number of nitrogens with zero attached hydrogens (tertiary/aromatic N) is 3. The van der Waals surface area contributed by atoms with Gasteiger partial charge in [0.05, 0.1) is 17.7 Å². The Morgan fingerprint density at radius 2 is 1.92 bits per heavy atom. The van der Waals surface area contributed by atoms with E-state index in [2.05, 4.69) is 25.5 Å². The van der Waals surface area contributed by atoms with Crippen LogP contribution in [0.25, 0.3) is 0 Å². The van der Waals surface area contributed by atoms with Crippen LogP contribution in [-0.4, -0.2) is 53.1 Å². The Morgan fingerprint density at radius 3 is 2.62 bits per heavy atom. The van der Waals surface area contributed by atoms with Gasteiger partial charge in [-0.2, -0.15) is 18.2 Å². The fraction of sp³-hybridized carbons (Fsp3) is 0.480. The number of carbonyl (C=O) groups is 1. The van der Waals surface area contributed by atoms with Crippen molar-refractivity contribution in [1.82, 2.24) is 14.9 Å². The third-order valence-corrected chi connectivity index (χ3v) is 7.34. The number of hydrogen-bond donors (Lipinski definition) is 3. The molecule has 37 heavy (non-hydrogen) atoms. The van der Waals surface area contributed by atoms with E-state index >= 15 is 0 Å². The smallest absolute Gasteiger partial charge is 0.420 e. The summed E-state index contributed by atoms with van der Waals surface area (Å²) in [6.07, 6.45) is 1.90. The van der Waals surface area contributed by atoms with E-state index in [1.165, 1.54) is 12.1 Å². The van der Waals surface area contributed by atoms with Crippen molar-refractivity contribution >= 4 is 23.4 Å². The second kappa shape index (κ2) is 9.81. The van der Waals surface area contributed by atoms with Gasteiger partial charge in [-0.05, 0) is 56.3 Å². The molecule has 1 aromatic heterocycles. The first-order chi connectivity index (χ1) is 17.6. The van der Waals surface area contributed by atoms with Crippen LogP contribution >= 0.6 is 0 Å². The zero-order chi connectivity index (χ0) is 26.3. The molecule has 8 nitrogen and oxygen atoms in total. The minimum atomic E-state index is -4.64. The summed E-state index contributed by atoms with van der Waals surface area (Å²) < 4.78 is 61.8. The van der Waals surface area contributed by atoms with Crippen LogP contribution in [0.5, 0.6) is 5.75 Å². The van der Waals surface area contributed by atoms with Crippen molar-refractivity contribution in [2.24, 2.45) is 23.5 Å². The maximum atomic E-state index is 14.5. The number of alkyl halides is 3. The Morgan fingerprint density at radius 1 is 1.19 bits per heavy atom. The number of benzene rings is 1. The summed E-state index contributed by atoms with van der Waals surface area (Å²) in [5.74, 6) is -2.26. The van der Waals surface area contributed by atoms with Crippen LogP contribution in [0.4, 0.5) is 35.0 Å². The molecule has 0 unspecified atom stereocenters. The number of hydrogen-bond acceptors (Lipinski definition) is 7. The molecule has 4 N–H and O–H groups in total. The highest BCUT2D eigenvalue weighted by Gasteiger charge is 2.47. The third-order valence-electron chi connectivity index (χ3n) is 7.34. The summed E-state index contributed by atoms with van der Waals surface area (Å²) in [4.78, 5) is 22.1. The van der Waals surface area contributed by atoms with E-state index in [9.17, 15) is 22.4 Å². The third kappa shape index (κ3) is 5.34. The molecule has 2 bridgehead atoms. The topological polar surface area (TPSA) is 105 Å². The number of ether oxygens (including phenoxy) is 1.